The molecule has 0 spiro atoms. The van der Waals surface area contributed by atoms with E-state index in [9.17, 15) is 9.59 Å². The smallest absolute Gasteiger partial charge is 0.275 e. The first-order chi connectivity index (χ1) is 12.2. The number of rotatable bonds is 3. The molecule has 3 heterocycles. The van der Waals surface area contributed by atoms with E-state index in [1.54, 1.807) is 10.3 Å². The summed E-state index contributed by atoms with van der Waals surface area (Å²) < 4.78 is 9.16. The number of carbonyl (C=O) groups excluding carboxylic acids is 2. The molecule has 1 aromatic heterocycles. The van der Waals surface area contributed by atoms with Crippen molar-refractivity contribution in [1.29, 1.82) is 0 Å². The van der Waals surface area contributed by atoms with Crippen molar-refractivity contribution in [2.75, 3.05) is 18.5 Å². The highest BCUT2D eigenvalue weighted by atomic mass is 32.1. The van der Waals surface area contributed by atoms with Crippen LogP contribution in [-0.2, 0) is 22.5 Å². The quantitative estimate of drug-likeness (QED) is 0.905. The Morgan fingerprint density at radius 2 is 2.24 bits per heavy atom. The molecule has 0 aliphatic carbocycles. The Balaban J connectivity index is 1.47. The summed E-state index contributed by atoms with van der Waals surface area (Å²) in [6.07, 6.45) is 2.12. The van der Waals surface area contributed by atoms with Crippen molar-refractivity contribution in [3.63, 3.8) is 0 Å². The molecule has 2 aliphatic rings. The third kappa shape index (κ3) is 3.40. The van der Waals surface area contributed by atoms with Crippen molar-refractivity contribution in [1.82, 2.24) is 14.5 Å². The monoisotopic (exact) mass is 358 g/mol. The molecule has 0 bridgehead atoms. The van der Waals surface area contributed by atoms with E-state index in [1.165, 1.54) is 17.1 Å². The normalized spacial score (nSPS) is 19.5. The van der Waals surface area contributed by atoms with Gasteiger partial charge < -0.3 is 15.0 Å². The van der Waals surface area contributed by atoms with Gasteiger partial charge in [0.25, 0.3) is 11.8 Å². The number of nitrogens with zero attached hydrogens (tertiary/aromatic N) is 3. The van der Waals surface area contributed by atoms with Crippen LogP contribution < -0.4 is 5.32 Å². The number of anilines is 1. The lowest BCUT2D eigenvalue weighted by Gasteiger charge is -2.28. The van der Waals surface area contributed by atoms with Crippen LogP contribution in [0.4, 0.5) is 5.69 Å². The molecule has 1 atom stereocenters. The average molecular weight is 358 g/mol. The molecule has 1 unspecified atom stereocenters. The number of amides is 2. The minimum atomic E-state index is -0.355. The zero-order valence-corrected chi connectivity index (χ0v) is 14.4. The molecule has 2 amide bonds. The van der Waals surface area contributed by atoms with Crippen molar-refractivity contribution in [2.45, 2.75) is 31.9 Å². The molecule has 0 radical (unpaired) electrons. The van der Waals surface area contributed by atoms with E-state index in [0.717, 1.165) is 30.5 Å². The van der Waals surface area contributed by atoms with Crippen LogP contribution in [0.5, 0.6) is 0 Å². The minimum Gasteiger partial charge on any atom is -0.368 e. The molecule has 25 heavy (non-hydrogen) atoms. The van der Waals surface area contributed by atoms with Crippen LogP contribution in [0.3, 0.4) is 0 Å². The predicted octanol–water partition coefficient (Wildman–Crippen LogP) is 1.85. The Morgan fingerprint density at radius 3 is 3.00 bits per heavy atom. The van der Waals surface area contributed by atoms with E-state index in [0.29, 0.717) is 25.4 Å². The maximum absolute atomic E-state index is 12.5. The summed E-state index contributed by atoms with van der Waals surface area (Å²) in [5, 5.41) is 8.44. The minimum absolute atomic E-state index is 0.102. The Hall–Kier alpha value is -2.32. The molecule has 2 aromatic rings. The fourth-order valence-electron chi connectivity index (χ4n) is 3.24. The van der Waals surface area contributed by atoms with E-state index in [2.05, 4.69) is 14.9 Å². The lowest BCUT2D eigenvalue weighted by Crippen LogP contribution is -2.36. The Kier molecular flexibility index (Phi) is 4.46. The SMILES string of the molecule is O=C(Nc1ccc2c(c1)CN(C(=O)c1csnn1)CC2)C1CCCO1. The van der Waals surface area contributed by atoms with Crippen LogP contribution in [0, 0.1) is 0 Å². The lowest BCUT2D eigenvalue weighted by atomic mass is 9.98. The maximum atomic E-state index is 12.5. The summed E-state index contributed by atoms with van der Waals surface area (Å²) in [4.78, 5) is 26.4. The Bertz CT molecular complexity index is 787. The molecule has 1 N–H and O–H groups in total. The molecule has 4 rings (SSSR count). The van der Waals surface area contributed by atoms with Crippen molar-refractivity contribution < 1.29 is 14.3 Å². The Morgan fingerprint density at radius 1 is 1.32 bits per heavy atom. The zero-order valence-electron chi connectivity index (χ0n) is 13.6. The predicted molar refractivity (Wildman–Crippen MR) is 92.4 cm³/mol. The third-order valence-electron chi connectivity index (χ3n) is 4.57. The van der Waals surface area contributed by atoms with Gasteiger partial charge in [0.2, 0.25) is 0 Å². The first kappa shape index (κ1) is 16.2. The van der Waals surface area contributed by atoms with Crippen LogP contribution in [0.1, 0.15) is 34.5 Å². The van der Waals surface area contributed by atoms with Crippen molar-refractivity contribution in [3.05, 3.63) is 40.4 Å². The van der Waals surface area contributed by atoms with E-state index in [1.807, 2.05) is 18.2 Å². The molecular weight excluding hydrogens is 340 g/mol. The molecule has 1 aromatic carbocycles. The van der Waals surface area contributed by atoms with Gasteiger partial charge >= 0.3 is 0 Å². The van der Waals surface area contributed by atoms with Crippen LogP contribution in [0.2, 0.25) is 0 Å². The zero-order chi connectivity index (χ0) is 17.2. The summed E-state index contributed by atoms with van der Waals surface area (Å²) >= 11 is 1.17. The van der Waals surface area contributed by atoms with Crippen LogP contribution >= 0.6 is 11.5 Å². The number of ether oxygens (including phenoxy) is 1. The van der Waals surface area contributed by atoms with Gasteiger partial charge in [-0.1, -0.05) is 10.6 Å². The second kappa shape index (κ2) is 6.89. The highest BCUT2D eigenvalue weighted by Gasteiger charge is 2.25. The van der Waals surface area contributed by atoms with E-state index in [4.69, 9.17) is 4.74 Å². The summed E-state index contributed by atoms with van der Waals surface area (Å²) in [6, 6.07) is 5.88. The van der Waals surface area contributed by atoms with Crippen molar-refractivity contribution in [3.8, 4) is 0 Å². The van der Waals surface area contributed by atoms with Crippen LogP contribution in [0.25, 0.3) is 0 Å². The van der Waals surface area contributed by atoms with Gasteiger partial charge in [-0.3, -0.25) is 9.59 Å². The number of fused-ring (bicyclic) bond motifs is 1. The Labute approximate surface area is 149 Å². The number of hydrogen-bond donors (Lipinski definition) is 1. The number of nitrogens with one attached hydrogen (secondary N) is 1. The summed E-state index contributed by atoms with van der Waals surface area (Å²) in [5.41, 5.74) is 3.38. The number of aromatic nitrogens is 2. The highest BCUT2D eigenvalue weighted by molar-refractivity contribution is 7.03. The van der Waals surface area contributed by atoms with Gasteiger partial charge in [0.15, 0.2) is 5.69 Å². The first-order valence-electron chi connectivity index (χ1n) is 8.31. The summed E-state index contributed by atoms with van der Waals surface area (Å²) in [7, 11) is 0. The second-order valence-electron chi connectivity index (χ2n) is 6.24. The van der Waals surface area contributed by atoms with Gasteiger partial charge in [-0.2, -0.15) is 0 Å². The fourth-order valence-corrected chi connectivity index (χ4v) is 3.67. The summed E-state index contributed by atoms with van der Waals surface area (Å²) in [5.74, 6) is -0.206. The van der Waals surface area contributed by atoms with E-state index < -0.39 is 0 Å². The molecule has 0 saturated carbocycles. The highest BCUT2D eigenvalue weighted by Crippen LogP contribution is 2.24. The van der Waals surface area contributed by atoms with Crippen molar-refractivity contribution in [2.24, 2.45) is 0 Å². The van der Waals surface area contributed by atoms with E-state index in [-0.39, 0.29) is 17.9 Å². The van der Waals surface area contributed by atoms with Crippen LogP contribution in [-0.4, -0.2) is 45.6 Å². The maximum Gasteiger partial charge on any atom is 0.275 e. The van der Waals surface area contributed by atoms with Gasteiger partial charge in [-0.25, -0.2) is 0 Å². The number of benzene rings is 1. The molecule has 7 nitrogen and oxygen atoms in total. The summed E-state index contributed by atoms with van der Waals surface area (Å²) in [6.45, 7) is 1.81. The van der Waals surface area contributed by atoms with Gasteiger partial charge in [0, 0.05) is 30.8 Å². The molecule has 1 saturated heterocycles. The average Bonchev–Trinajstić information content (AvgIpc) is 3.34. The van der Waals surface area contributed by atoms with E-state index >= 15 is 0 Å². The topological polar surface area (TPSA) is 84.4 Å². The largest absolute Gasteiger partial charge is 0.368 e. The van der Waals surface area contributed by atoms with Gasteiger partial charge in [-0.05, 0) is 54.1 Å². The standard InChI is InChI=1S/C17H18N4O3S/c22-16(15-2-1-7-24-15)18-13-4-3-11-5-6-21(9-12(11)8-13)17(23)14-10-25-20-19-14/h3-4,8,10,15H,1-2,5-7,9H2,(H,18,22). The van der Waals surface area contributed by atoms with Crippen LogP contribution in [0.15, 0.2) is 23.6 Å². The van der Waals surface area contributed by atoms with Crippen molar-refractivity contribution >= 4 is 29.0 Å². The van der Waals surface area contributed by atoms with Gasteiger partial charge in [0.1, 0.15) is 6.10 Å². The number of carbonyl (C=O) groups is 2. The molecule has 130 valence electrons. The molecule has 2 aliphatic heterocycles. The lowest BCUT2D eigenvalue weighted by molar-refractivity contribution is -0.124. The number of hydrogen-bond acceptors (Lipinski definition) is 6. The van der Waals surface area contributed by atoms with Gasteiger partial charge in [0.05, 0.1) is 0 Å². The molecule has 1 fully saturated rings. The third-order valence-corrected chi connectivity index (χ3v) is 5.08. The first-order valence-corrected chi connectivity index (χ1v) is 9.15. The molecular formula is C17H18N4O3S. The van der Waals surface area contributed by atoms with Gasteiger partial charge in [-0.15, -0.1) is 5.10 Å². The fraction of sp³-hybridized carbons (Fsp3) is 0.412. The second-order valence-corrected chi connectivity index (χ2v) is 6.85. The molecule has 8 heteroatoms.